The maximum atomic E-state index is 13.0. The molecule has 3 rings (SSSR count). The quantitative estimate of drug-likeness (QED) is 0.451. The van der Waals surface area contributed by atoms with Crippen LogP contribution in [0.5, 0.6) is 17.2 Å². The Kier molecular flexibility index (Phi) is 4.98. The first-order chi connectivity index (χ1) is 13.7. The number of phenols is 2. The van der Waals surface area contributed by atoms with Gasteiger partial charge in [-0.3, -0.25) is 19.2 Å². The summed E-state index contributed by atoms with van der Waals surface area (Å²) < 4.78 is 5.12. The van der Waals surface area contributed by atoms with Crippen LogP contribution in [0.1, 0.15) is 43.8 Å². The number of phenolic OH excluding ortho intramolecular Hbond substituents is 2. The smallest absolute Gasteiger partial charge is 0.307 e. The van der Waals surface area contributed by atoms with Gasteiger partial charge >= 0.3 is 11.9 Å². The van der Waals surface area contributed by atoms with E-state index in [1.807, 2.05) is 0 Å². The molecular formula is C20H16O9. The van der Waals surface area contributed by atoms with Crippen LogP contribution >= 0.6 is 0 Å². The van der Waals surface area contributed by atoms with Gasteiger partial charge in [-0.1, -0.05) is 12.1 Å². The fourth-order valence-electron chi connectivity index (χ4n) is 3.43. The summed E-state index contributed by atoms with van der Waals surface area (Å²) in [6.07, 6.45) is -1.18. The molecule has 0 heterocycles. The van der Waals surface area contributed by atoms with Gasteiger partial charge in [0.05, 0.1) is 36.1 Å². The van der Waals surface area contributed by atoms with Gasteiger partial charge in [0.25, 0.3) is 0 Å². The van der Waals surface area contributed by atoms with E-state index in [0.29, 0.717) is 0 Å². The predicted octanol–water partition coefficient (Wildman–Crippen LogP) is 1.60. The molecule has 0 bridgehead atoms. The zero-order chi connectivity index (χ0) is 21.5. The van der Waals surface area contributed by atoms with Crippen LogP contribution in [0, 0.1) is 5.92 Å². The minimum atomic E-state index is -1.42. The van der Waals surface area contributed by atoms with Crippen LogP contribution < -0.4 is 4.74 Å². The number of carbonyl (C=O) groups is 4. The molecule has 0 saturated heterocycles. The van der Waals surface area contributed by atoms with Crippen molar-refractivity contribution in [1.82, 2.24) is 0 Å². The molecule has 2 aromatic rings. The summed E-state index contributed by atoms with van der Waals surface area (Å²) in [4.78, 5) is 48.1. The summed E-state index contributed by atoms with van der Waals surface area (Å²) in [6, 6.07) is 5.30. The van der Waals surface area contributed by atoms with Gasteiger partial charge in [-0.05, 0) is 24.1 Å². The fourth-order valence-corrected chi connectivity index (χ4v) is 3.43. The van der Waals surface area contributed by atoms with Gasteiger partial charge in [0.2, 0.25) is 5.78 Å². The molecule has 1 aliphatic rings. The topological polar surface area (TPSA) is 158 Å². The highest BCUT2D eigenvalue weighted by atomic mass is 16.5. The zero-order valence-electron chi connectivity index (χ0n) is 15.1. The van der Waals surface area contributed by atoms with Gasteiger partial charge in [-0.2, -0.15) is 0 Å². The Morgan fingerprint density at radius 1 is 1.03 bits per heavy atom. The molecule has 2 aromatic carbocycles. The van der Waals surface area contributed by atoms with Gasteiger partial charge in [0.1, 0.15) is 17.2 Å². The molecule has 150 valence electrons. The van der Waals surface area contributed by atoms with Gasteiger partial charge < -0.3 is 25.2 Å². The third-order valence-corrected chi connectivity index (χ3v) is 4.77. The number of aromatic hydroxyl groups is 2. The summed E-state index contributed by atoms with van der Waals surface area (Å²) >= 11 is 0. The monoisotopic (exact) mass is 400 g/mol. The Morgan fingerprint density at radius 3 is 2.31 bits per heavy atom. The van der Waals surface area contributed by atoms with Crippen LogP contribution in [0.25, 0.3) is 0 Å². The molecule has 9 nitrogen and oxygen atoms in total. The highest BCUT2D eigenvalue weighted by molar-refractivity contribution is 6.31. The number of ether oxygens (including phenoxy) is 1. The van der Waals surface area contributed by atoms with Crippen molar-refractivity contribution < 1.29 is 44.3 Å². The van der Waals surface area contributed by atoms with E-state index in [4.69, 9.17) is 9.84 Å². The number of benzene rings is 2. The number of hydrogen-bond acceptors (Lipinski definition) is 7. The molecule has 1 atom stereocenters. The maximum Gasteiger partial charge on any atom is 0.307 e. The van der Waals surface area contributed by atoms with E-state index in [2.05, 4.69) is 0 Å². The second-order valence-electron chi connectivity index (χ2n) is 6.53. The number of carboxylic acids is 2. The minimum absolute atomic E-state index is 0.0333. The highest BCUT2D eigenvalue weighted by Gasteiger charge is 2.38. The number of ketones is 2. The zero-order valence-corrected chi connectivity index (χ0v) is 15.1. The Labute approximate surface area is 163 Å². The lowest BCUT2D eigenvalue weighted by Gasteiger charge is -2.23. The van der Waals surface area contributed by atoms with E-state index < -0.39 is 64.9 Å². The first-order valence-corrected chi connectivity index (χ1v) is 8.46. The maximum absolute atomic E-state index is 13.0. The van der Waals surface area contributed by atoms with Gasteiger partial charge in [-0.15, -0.1) is 0 Å². The lowest BCUT2D eigenvalue weighted by Crippen LogP contribution is -2.24. The van der Waals surface area contributed by atoms with Crippen molar-refractivity contribution in [3.05, 3.63) is 52.1 Å². The van der Waals surface area contributed by atoms with Gasteiger partial charge in [0, 0.05) is 5.56 Å². The van der Waals surface area contributed by atoms with Crippen molar-refractivity contribution in [2.75, 3.05) is 7.11 Å². The van der Waals surface area contributed by atoms with Crippen LogP contribution in [-0.2, 0) is 16.0 Å². The fraction of sp³-hybridized carbons (Fsp3) is 0.200. The third kappa shape index (κ3) is 3.27. The van der Waals surface area contributed by atoms with Crippen molar-refractivity contribution in [3.63, 3.8) is 0 Å². The second-order valence-corrected chi connectivity index (χ2v) is 6.53. The molecule has 0 fully saturated rings. The highest BCUT2D eigenvalue weighted by Crippen LogP contribution is 2.42. The number of fused-ring (bicyclic) bond motifs is 2. The van der Waals surface area contributed by atoms with Crippen LogP contribution in [0.15, 0.2) is 24.3 Å². The van der Waals surface area contributed by atoms with Crippen molar-refractivity contribution in [3.8, 4) is 17.2 Å². The van der Waals surface area contributed by atoms with E-state index in [1.165, 1.54) is 25.3 Å². The first-order valence-electron chi connectivity index (χ1n) is 8.46. The molecule has 0 spiro atoms. The number of aliphatic carboxylic acids is 2. The molecule has 29 heavy (non-hydrogen) atoms. The van der Waals surface area contributed by atoms with Crippen LogP contribution in [-0.4, -0.2) is 51.0 Å². The Bertz CT molecular complexity index is 1070. The van der Waals surface area contributed by atoms with E-state index in [9.17, 15) is 34.5 Å². The number of carboxylic acid groups (broad SMARTS) is 2. The van der Waals surface area contributed by atoms with Gasteiger partial charge in [-0.25, -0.2) is 0 Å². The van der Waals surface area contributed by atoms with E-state index >= 15 is 0 Å². The Hall–Kier alpha value is -3.88. The molecule has 0 aromatic heterocycles. The van der Waals surface area contributed by atoms with E-state index in [0.717, 1.165) is 6.07 Å². The van der Waals surface area contributed by atoms with Gasteiger partial charge in [0.15, 0.2) is 5.78 Å². The van der Waals surface area contributed by atoms with Crippen molar-refractivity contribution in [2.24, 2.45) is 5.92 Å². The second kappa shape index (κ2) is 7.27. The lowest BCUT2D eigenvalue weighted by molar-refractivity contribution is -0.148. The molecule has 1 aliphatic carbocycles. The lowest BCUT2D eigenvalue weighted by atomic mass is 9.80. The number of methoxy groups -OCH3 is 1. The summed E-state index contributed by atoms with van der Waals surface area (Å²) in [7, 11) is 1.32. The number of carbonyl (C=O) groups excluding carboxylic acids is 2. The normalized spacial score (nSPS) is 13.4. The SMILES string of the molecule is COc1cccc2c1C(=O)c1c(O)cc(CC(CC(=O)O)C(=O)O)c(O)c1C2=O. The third-order valence-electron chi connectivity index (χ3n) is 4.77. The molecule has 4 N–H and O–H groups in total. The van der Waals surface area contributed by atoms with Crippen LogP contribution in [0.3, 0.4) is 0 Å². The summed E-state index contributed by atoms with van der Waals surface area (Å²) in [5, 5.41) is 39.1. The summed E-state index contributed by atoms with van der Waals surface area (Å²) in [6.45, 7) is 0. The minimum Gasteiger partial charge on any atom is -0.507 e. The first kappa shape index (κ1) is 19.9. The Balaban J connectivity index is 2.16. The molecule has 9 heteroatoms. The van der Waals surface area contributed by atoms with Crippen molar-refractivity contribution >= 4 is 23.5 Å². The average molecular weight is 400 g/mol. The summed E-state index contributed by atoms with van der Waals surface area (Å²) in [5.74, 6) is -6.81. The molecule has 1 unspecified atom stereocenters. The molecule has 0 saturated carbocycles. The number of rotatable bonds is 6. The van der Waals surface area contributed by atoms with Crippen LogP contribution in [0.4, 0.5) is 0 Å². The van der Waals surface area contributed by atoms with E-state index in [1.54, 1.807) is 0 Å². The molecule has 0 aliphatic heterocycles. The number of hydrogen-bond donors (Lipinski definition) is 4. The van der Waals surface area contributed by atoms with Crippen molar-refractivity contribution in [2.45, 2.75) is 12.8 Å². The molecule has 0 amide bonds. The van der Waals surface area contributed by atoms with Crippen molar-refractivity contribution in [1.29, 1.82) is 0 Å². The standard InChI is InChI=1S/C20H16O9/c1-29-12-4-2-3-10-14(12)19(26)15-11(21)6-8(17(24)16(15)18(10)25)5-9(20(27)28)7-13(22)23/h2-4,6,9,21,24H,5,7H2,1H3,(H,22,23)(H,27,28). The average Bonchev–Trinajstić information content (AvgIpc) is 2.66. The molecule has 0 radical (unpaired) electrons. The predicted molar refractivity (Wildman–Crippen MR) is 96.7 cm³/mol. The largest absolute Gasteiger partial charge is 0.507 e. The summed E-state index contributed by atoms with van der Waals surface area (Å²) in [5.41, 5.74) is -1.11. The van der Waals surface area contributed by atoms with E-state index in [-0.39, 0.29) is 22.4 Å². The van der Waals surface area contributed by atoms with Crippen LogP contribution in [0.2, 0.25) is 0 Å². The molecular weight excluding hydrogens is 384 g/mol. The Morgan fingerprint density at radius 2 is 1.72 bits per heavy atom.